The molecule has 2 rings (SSSR count). The van der Waals surface area contributed by atoms with E-state index in [1.165, 1.54) is 19.3 Å². The molecule has 1 aliphatic rings. The minimum Gasteiger partial charge on any atom is -0.372 e. The smallest absolute Gasteiger partial charge is 0.153 e. The van der Waals surface area contributed by atoms with Gasteiger partial charge in [-0.15, -0.1) is 0 Å². The Morgan fingerprint density at radius 1 is 1.19 bits per heavy atom. The quantitative estimate of drug-likeness (QED) is 0.840. The molecule has 16 heavy (non-hydrogen) atoms. The topological polar surface area (TPSA) is 61.0 Å². The van der Waals surface area contributed by atoms with E-state index in [-0.39, 0.29) is 5.54 Å². The third kappa shape index (κ3) is 3.25. The minimum atomic E-state index is -0.118. The molecule has 1 heterocycles. The number of ether oxygens (including phenoxy) is 1. The Morgan fingerprint density at radius 3 is 2.56 bits per heavy atom. The van der Waals surface area contributed by atoms with Crippen molar-refractivity contribution in [3.8, 4) is 0 Å². The first-order chi connectivity index (χ1) is 7.79. The number of hydrogen-bond donors (Lipinski definition) is 1. The van der Waals surface area contributed by atoms with Gasteiger partial charge in [0.15, 0.2) is 5.82 Å². The van der Waals surface area contributed by atoms with Crippen LogP contribution in [0.5, 0.6) is 0 Å². The molecule has 1 aliphatic carbocycles. The van der Waals surface area contributed by atoms with E-state index in [2.05, 4.69) is 9.97 Å². The van der Waals surface area contributed by atoms with Crippen molar-refractivity contribution in [2.45, 2.75) is 44.2 Å². The van der Waals surface area contributed by atoms with Crippen LogP contribution < -0.4 is 5.73 Å². The highest BCUT2D eigenvalue weighted by atomic mass is 16.5. The molecular weight excluding hydrogens is 202 g/mol. The summed E-state index contributed by atoms with van der Waals surface area (Å²) in [6.45, 7) is 1.07. The van der Waals surface area contributed by atoms with Crippen molar-refractivity contribution in [3.63, 3.8) is 0 Å². The molecule has 0 atom stereocenters. The highest BCUT2D eigenvalue weighted by Crippen LogP contribution is 2.26. The third-order valence-corrected chi connectivity index (χ3v) is 3.09. The van der Waals surface area contributed by atoms with Crippen molar-refractivity contribution in [3.05, 3.63) is 24.3 Å². The van der Waals surface area contributed by atoms with E-state index in [0.29, 0.717) is 13.2 Å². The van der Waals surface area contributed by atoms with Gasteiger partial charge in [0.25, 0.3) is 0 Å². The van der Waals surface area contributed by atoms with Gasteiger partial charge in [-0.2, -0.15) is 0 Å². The van der Waals surface area contributed by atoms with Gasteiger partial charge in [0.05, 0.1) is 6.61 Å². The summed E-state index contributed by atoms with van der Waals surface area (Å²) in [4.78, 5) is 8.21. The number of aromatic nitrogens is 2. The summed E-state index contributed by atoms with van der Waals surface area (Å²) in [5.74, 6) is 0.724. The number of rotatable bonds is 4. The molecule has 1 fully saturated rings. The lowest BCUT2D eigenvalue weighted by atomic mass is 9.83. The molecule has 1 saturated carbocycles. The van der Waals surface area contributed by atoms with Crippen LogP contribution in [0.2, 0.25) is 0 Å². The van der Waals surface area contributed by atoms with E-state index >= 15 is 0 Å². The highest BCUT2D eigenvalue weighted by molar-refractivity contribution is 4.89. The van der Waals surface area contributed by atoms with Crippen LogP contribution in [0.15, 0.2) is 18.5 Å². The zero-order chi connectivity index (χ0) is 11.3. The standard InChI is InChI=1S/C12H19N3O/c13-12(5-2-1-3-6-12)10-16-9-11-14-7-4-8-15-11/h4,7-8H,1-3,5-6,9-10,13H2. The SMILES string of the molecule is NC1(COCc2ncccn2)CCCCC1. The lowest BCUT2D eigenvalue weighted by Gasteiger charge is -2.32. The Labute approximate surface area is 96.2 Å². The van der Waals surface area contributed by atoms with Crippen molar-refractivity contribution >= 4 is 0 Å². The number of nitrogens with zero attached hydrogens (tertiary/aromatic N) is 2. The first kappa shape index (κ1) is 11.5. The van der Waals surface area contributed by atoms with Gasteiger partial charge in [-0.3, -0.25) is 0 Å². The molecule has 0 spiro atoms. The molecule has 1 aromatic rings. The van der Waals surface area contributed by atoms with Gasteiger partial charge in [-0.05, 0) is 18.9 Å². The van der Waals surface area contributed by atoms with Gasteiger partial charge in [-0.1, -0.05) is 19.3 Å². The first-order valence-electron chi connectivity index (χ1n) is 5.91. The number of hydrogen-bond acceptors (Lipinski definition) is 4. The molecular formula is C12H19N3O. The Morgan fingerprint density at radius 2 is 1.88 bits per heavy atom. The Bertz CT molecular complexity index is 309. The fourth-order valence-corrected chi connectivity index (χ4v) is 2.15. The Hall–Kier alpha value is -1.00. The zero-order valence-electron chi connectivity index (χ0n) is 9.56. The molecule has 2 N–H and O–H groups in total. The second kappa shape index (κ2) is 5.37. The predicted molar refractivity (Wildman–Crippen MR) is 61.7 cm³/mol. The summed E-state index contributed by atoms with van der Waals surface area (Å²) >= 11 is 0. The summed E-state index contributed by atoms with van der Waals surface area (Å²) in [6, 6.07) is 1.80. The van der Waals surface area contributed by atoms with Gasteiger partial charge >= 0.3 is 0 Å². The predicted octanol–water partition coefficient (Wildman–Crippen LogP) is 1.65. The van der Waals surface area contributed by atoms with Gasteiger partial charge in [0.2, 0.25) is 0 Å². The van der Waals surface area contributed by atoms with Gasteiger partial charge in [0, 0.05) is 17.9 Å². The largest absolute Gasteiger partial charge is 0.372 e. The summed E-state index contributed by atoms with van der Waals surface area (Å²) < 4.78 is 5.61. The van der Waals surface area contributed by atoms with Gasteiger partial charge in [-0.25, -0.2) is 9.97 Å². The van der Waals surface area contributed by atoms with Crippen molar-refractivity contribution < 1.29 is 4.74 Å². The van der Waals surface area contributed by atoms with Crippen LogP contribution in [0.25, 0.3) is 0 Å². The van der Waals surface area contributed by atoms with Crippen LogP contribution in [-0.4, -0.2) is 22.1 Å². The second-order valence-electron chi connectivity index (χ2n) is 4.58. The van der Waals surface area contributed by atoms with Crippen LogP contribution in [0.4, 0.5) is 0 Å². The Balaban J connectivity index is 1.75. The summed E-state index contributed by atoms with van der Waals surface area (Å²) in [5.41, 5.74) is 6.14. The van der Waals surface area contributed by atoms with Gasteiger partial charge < -0.3 is 10.5 Å². The molecule has 4 nitrogen and oxygen atoms in total. The highest BCUT2D eigenvalue weighted by Gasteiger charge is 2.27. The van der Waals surface area contributed by atoms with Crippen LogP contribution in [0.3, 0.4) is 0 Å². The zero-order valence-corrected chi connectivity index (χ0v) is 9.56. The van der Waals surface area contributed by atoms with Crippen LogP contribution in [0, 0.1) is 0 Å². The lowest BCUT2D eigenvalue weighted by Crippen LogP contribution is -2.46. The van der Waals surface area contributed by atoms with Crippen molar-refractivity contribution in [1.82, 2.24) is 9.97 Å². The third-order valence-electron chi connectivity index (χ3n) is 3.09. The number of nitrogens with two attached hydrogens (primary N) is 1. The van der Waals surface area contributed by atoms with Crippen molar-refractivity contribution in [1.29, 1.82) is 0 Å². The summed E-state index contributed by atoms with van der Waals surface area (Å²) in [5, 5.41) is 0. The first-order valence-corrected chi connectivity index (χ1v) is 5.91. The molecule has 1 aromatic heterocycles. The molecule has 88 valence electrons. The molecule has 4 heteroatoms. The van der Waals surface area contributed by atoms with Crippen LogP contribution in [-0.2, 0) is 11.3 Å². The minimum absolute atomic E-state index is 0.118. The maximum Gasteiger partial charge on any atom is 0.153 e. The molecule has 0 aromatic carbocycles. The molecule has 0 saturated heterocycles. The Kier molecular flexibility index (Phi) is 3.85. The van der Waals surface area contributed by atoms with Crippen LogP contribution in [0.1, 0.15) is 37.9 Å². The van der Waals surface area contributed by atoms with Crippen molar-refractivity contribution in [2.75, 3.05) is 6.61 Å². The summed E-state index contributed by atoms with van der Waals surface area (Å²) in [6.07, 6.45) is 9.35. The fourth-order valence-electron chi connectivity index (χ4n) is 2.15. The molecule has 0 amide bonds. The van der Waals surface area contributed by atoms with Crippen LogP contribution >= 0.6 is 0 Å². The van der Waals surface area contributed by atoms with E-state index in [0.717, 1.165) is 18.7 Å². The normalized spacial score (nSPS) is 19.6. The maximum absolute atomic E-state index is 6.26. The lowest BCUT2D eigenvalue weighted by molar-refractivity contribution is 0.0540. The maximum atomic E-state index is 6.26. The fraction of sp³-hybridized carbons (Fsp3) is 0.667. The van der Waals surface area contributed by atoms with Gasteiger partial charge in [0.1, 0.15) is 6.61 Å². The van der Waals surface area contributed by atoms with Crippen molar-refractivity contribution in [2.24, 2.45) is 5.73 Å². The molecule has 0 bridgehead atoms. The van der Waals surface area contributed by atoms with E-state index in [4.69, 9.17) is 10.5 Å². The average molecular weight is 221 g/mol. The molecule has 0 radical (unpaired) electrons. The van der Waals surface area contributed by atoms with E-state index < -0.39 is 0 Å². The molecule has 0 aliphatic heterocycles. The van der Waals surface area contributed by atoms with E-state index in [9.17, 15) is 0 Å². The van der Waals surface area contributed by atoms with E-state index in [1.54, 1.807) is 18.5 Å². The molecule has 0 unspecified atom stereocenters. The second-order valence-corrected chi connectivity index (χ2v) is 4.58. The summed E-state index contributed by atoms with van der Waals surface area (Å²) in [7, 11) is 0. The average Bonchev–Trinajstić information content (AvgIpc) is 2.31. The van der Waals surface area contributed by atoms with E-state index in [1.807, 2.05) is 0 Å². The monoisotopic (exact) mass is 221 g/mol.